The van der Waals surface area contributed by atoms with E-state index < -0.39 is 0 Å². The summed E-state index contributed by atoms with van der Waals surface area (Å²) in [4.78, 5) is 2.77. The molecule has 2 rings (SSSR count). The first-order valence-corrected chi connectivity index (χ1v) is 15.0. The van der Waals surface area contributed by atoms with Gasteiger partial charge in [0.1, 0.15) is 0 Å². The first kappa shape index (κ1) is 31.2. The number of nitrogens with one attached hydrogen (secondary N) is 6. The lowest BCUT2D eigenvalue weighted by Gasteiger charge is -2.34. The number of fused-ring (bicyclic) bond motifs is 1. The normalized spacial score (nSPS) is 29.7. The standard InChI is InChI=1S/C26H57ClN8/c27-35-16-8-5-11-24-21-34-26-13-2-1-12-25(26)31-18-17-30-22(9-3-6-14-28)19-32-23(20-33-24)10-4-7-15-29/h22-26,30-35H,1-21,28-29H2/t22-,23+,24-,25+,26+/m0/s1. The number of hydrogen-bond acceptors (Lipinski definition) is 8. The third-order valence-electron chi connectivity index (χ3n) is 7.75. The molecule has 0 aromatic rings. The van der Waals surface area contributed by atoms with Gasteiger partial charge in [0.05, 0.1) is 0 Å². The fourth-order valence-corrected chi connectivity index (χ4v) is 5.68. The molecule has 2 fully saturated rings. The molecular weight excluding hydrogens is 460 g/mol. The van der Waals surface area contributed by atoms with Crippen LogP contribution in [-0.2, 0) is 0 Å². The molecule has 0 radical (unpaired) electrons. The van der Waals surface area contributed by atoms with Crippen LogP contribution in [0.15, 0.2) is 0 Å². The number of nitrogens with two attached hydrogens (primary N) is 2. The van der Waals surface area contributed by atoms with Crippen molar-refractivity contribution < 1.29 is 0 Å². The first-order valence-electron chi connectivity index (χ1n) is 14.7. The number of halogens is 1. The summed E-state index contributed by atoms with van der Waals surface area (Å²) in [6.07, 6.45) is 15.6. The molecule has 0 aromatic heterocycles. The van der Waals surface area contributed by atoms with Gasteiger partial charge in [-0.2, -0.15) is 0 Å². The lowest BCUT2D eigenvalue weighted by molar-refractivity contribution is 0.271. The van der Waals surface area contributed by atoms with Gasteiger partial charge in [-0.05, 0) is 76.2 Å². The molecule has 1 saturated carbocycles. The highest BCUT2D eigenvalue weighted by Gasteiger charge is 2.25. The van der Waals surface area contributed by atoms with Gasteiger partial charge >= 0.3 is 0 Å². The van der Waals surface area contributed by atoms with E-state index in [4.69, 9.17) is 23.2 Å². The predicted octanol–water partition coefficient (Wildman–Crippen LogP) is 1.54. The van der Waals surface area contributed by atoms with Crippen LogP contribution in [0.2, 0.25) is 0 Å². The van der Waals surface area contributed by atoms with Gasteiger partial charge < -0.3 is 38.1 Å². The molecule has 8 nitrogen and oxygen atoms in total. The molecule has 9 heteroatoms. The zero-order valence-electron chi connectivity index (χ0n) is 22.3. The second-order valence-corrected chi connectivity index (χ2v) is 10.9. The van der Waals surface area contributed by atoms with Gasteiger partial charge in [0.25, 0.3) is 0 Å². The van der Waals surface area contributed by atoms with Crippen molar-refractivity contribution in [3.8, 4) is 0 Å². The van der Waals surface area contributed by atoms with E-state index >= 15 is 0 Å². The topological polar surface area (TPSA) is 124 Å². The van der Waals surface area contributed by atoms with Gasteiger partial charge in [-0.25, -0.2) is 4.84 Å². The van der Waals surface area contributed by atoms with Crippen molar-refractivity contribution in [2.75, 3.05) is 52.4 Å². The average Bonchev–Trinajstić information content (AvgIpc) is 2.88. The van der Waals surface area contributed by atoms with Gasteiger partial charge in [0.15, 0.2) is 0 Å². The third kappa shape index (κ3) is 14.5. The Bertz CT molecular complexity index is 486. The molecule has 0 spiro atoms. The Morgan fingerprint density at radius 2 is 1.09 bits per heavy atom. The summed E-state index contributed by atoms with van der Waals surface area (Å²) in [6, 6.07) is 2.59. The van der Waals surface area contributed by atoms with Gasteiger partial charge in [0.2, 0.25) is 0 Å². The maximum absolute atomic E-state index is 5.79. The Labute approximate surface area is 220 Å². The predicted molar refractivity (Wildman–Crippen MR) is 151 cm³/mol. The molecule has 0 aromatic carbocycles. The van der Waals surface area contributed by atoms with Gasteiger partial charge in [0, 0.05) is 69.5 Å². The summed E-state index contributed by atoms with van der Waals surface area (Å²) in [6.45, 7) is 7.54. The van der Waals surface area contributed by atoms with Crippen molar-refractivity contribution in [1.29, 1.82) is 0 Å². The van der Waals surface area contributed by atoms with Crippen LogP contribution in [0.1, 0.15) is 83.5 Å². The smallest absolute Gasteiger partial charge is 0.0221 e. The lowest BCUT2D eigenvalue weighted by Crippen LogP contribution is -2.54. The molecular formula is C26H57ClN8. The highest BCUT2D eigenvalue weighted by molar-refractivity contribution is 6.13. The summed E-state index contributed by atoms with van der Waals surface area (Å²) >= 11 is 5.68. The summed E-state index contributed by atoms with van der Waals surface area (Å²) in [5, 5.41) is 19.5. The van der Waals surface area contributed by atoms with E-state index in [-0.39, 0.29) is 0 Å². The van der Waals surface area contributed by atoms with E-state index in [0.29, 0.717) is 30.2 Å². The molecule has 35 heavy (non-hydrogen) atoms. The Hall–Kier alpha value is -0.0300. The molecule has 1 saturated heterocycles. The summed E-state index contributed by atoms with van der Waals surface area (Å²) < 4.78 is 0. The van der Waals surface area contributed by atoms with Crippen LogP contribution in [0.5, 0.6) is 0 Å². The molecule has 5 atom stereocenters. The SMILES string of the molecule is NCCCC[C@@H]1CN[C@@H](CCCCNCl)CN[C@@H]2CCCC[C@H]2NCCN[C@@H](CCCCN)CN1. The van der Waals surface area contributed by atoms with Crippen molar-refractivity contribution in [1.82, 2.24) is 31.4 Å². The minimum absolute atomic E-state index is 0.470. The maximum Gasteiger partial charge on any atom is 0.0221 e. The Balaban J connectivity index is 2.02. The fourth-order valence-electron chi connectivity index (χ4n) is 5.55. The minimum atomic E-state index is 0.470. The highest BCUT2D eigenvalue weighted by atomic mass is 35.5. The van der Waals surface area contributed by atoms with Crippen LogP contribution in [-0.4, -0.2) is 82.6 Å². The molecule has 0 unspecified atom stereocenters. The van der Waals surface area contributed by atoms with Crippen LogP contribution >= 0.6 is 11.8 Å². The second-order valence-electron chi connectivity index (χ2n) is 10.7. The van der Waals surface area contributed by atoms with E-state index in [1.807, 2.05) is 0 Å². The lowest BCUT2D eigenvalue weighted by atomic mass is 9.90. The number of rotatable bonds is 13. The van der Waals surface area contributed by atoms with Gasteiger partial charge in [-0.1, -0.05) is 32.1 Å². The van der Waals surface area contributed by atoms with E-state index in [1.54, 1.807) is 0 Å². The second kappa shape index (κ2) is 21.0. The van der Waals surface area contributed by atoms with Crippen LogP contribution in [0.4, 0.5) is 0 Å². The van der Waals surface area contributed by atoms with Crippen LogP contribution in [0.3, 0.4) is 0 Å². The van der Waals surface area contributed by atoms with E-state index in [9.17, 15) is 0 Å². The largest absolute Gasteiger partial charge is 0.330 e. The Kier molecular flexibility index (Phi) is 18.7. The monoisotopic (exact) mass is 516 g/mol. The van der Waals surface area contributed by atoms with Crippen molar-refractivity contribution in [3.63, 3.8) is 0 Å². The molecule has 0 bridgehead atoms. The van der Waals surface area contributed by atoms with Gasteiger partial charge in [-0.3, -0.25) is 0 Å². The van der Waals surface area contributed by atoms with Crippen molar-refractivity contribution in [2.45, 2.75) is 114 Å². The molecule has 1 aliphatic heterocycles. The van der Waals surface area contributed by atoms with Crippen molar-refractivity contribution in [2.24, 2.45) is 11.5 Å². The van der Waals surface area contributed by atoms with E-state index in [0.717, 1.165) is 71.6 Å². The van der Waals surface area contributed by atoms with E-state index in [2.05, 4.69) is 31.4 Å². The Morgan fingerprint density at radius 1 is 0.600 bits per heavy atom. The molecule has 1 aliphatic carbocycles. The maximum atomic E-state index is 5.79. The average molecular weight is 517 g/mol. The zero-order valence-corrected chi connectivity index (χ0v) is 23.0. The summed E-state index contributed by atoms with van der Waals surface area (Å²) in [5.74, 6) is 0. The Morgan fingerprint density at radius 3 is 1.66 bits per heavy atom. The molecule has 10 N–H and O–H groups in total. The summed E-state index contributed by atoms with van der Waals surface area (Å²) in [5.41, 5.74) is 11.6. The van der Waals surface area contributed by atoms with Crippen LogP contribution in [0.25, 0.3) is 0 Å². The fraction of sp³-hybridized carbons (Fsp3) is 1.00. The van der Waals surface area contributed by atoms with Crippen molar-refractivity contribution in [3.05, 3.63) is 0 Å². The highest BCUT2D eigenvalue weighted by Crippen LogP contribution is 2.19. The van der Waals surface area contributed by atoms with Crippen LogP contribution in [0, 0.1) is 0 Å². The van der Waals surface area contributed by atoms with E-state index in [1.165, 1.54) is 64.2 Å². The molecule has 1 heterocycles. The van der Waals surface area contributed by atoms with Gasteiger partial charge in [-0.15, -0.1) is 0 Å². The van der Waals surface area contributed by atoms with Crippen LogP contribution < -0.4 is 42.9 Å². The molecule has 2 aliphatic rings. The zero-order chi connectivity index (χ0) is 25.0. The first-order chi connectivity index (χ1) is 17.3. The number of unbranched alkanes of at least 4 members (excludes halogenated alkanes) is 3. The summed E-state index contributed by atoms with van der Waals surface area (Å²) in [7, 11) is 0. The third-order valence-corrected chi connectivity index (χ3v) is 7.94. The minimum Gasteiger partial charge on any atom is -0.330 e. The van der Waals surface area contributed by atoms with Crippen molar-refractivity contribution >= 4 is 11.8 Å². The molecule has 208 valence electrons. The quantitative estimate of drug-likeness (QED) is 0.137. The number of hydrogen-bond donors (Lipinski definition) is 8. The molecule has 0 amide bonds.